The Morgan fingerprint density at radius 1 is 1.50 bits per heavy atom. The zero-order chi connectivity index (χ0) is 13.0. The quantitative estimate of drug-likeness (QED) is 0.824. The number of morpholine rings is 1. The first kappa shape index (κ1) is 13.1. The Kier molecular flexibility index (Phi) is 4.33. The summed E-state index contributed by atoms with van der Waals surface area (Å²) in [5, 5.41) is 3.37. The number of hydrogen-bond donors (Lipinski definition) is 1. The van der Waals surface area contributed by atoms with Gasteiger partial charge in [0.15, 0.2) is 5.78 Å². The number of nitrogens with one attached hydrogen (secondary N) is 1. The van der Waals surface area contributed by atoms with Crippen molar-refractivity contribution in [3.8, 4) is 5.75 Å². The van der Waals surface area contributed by atoms with Gasteiger partial charge in [0, 0.05) is 24.1 Å². The van der Waals surface area contributed by atoms with Crippen LogP contribution in [0.2, 0.25) is 0 Å². The molecule has 0 saturated carbocycles. The average Bonchev–Trinajstić information content (AvgIpc) is 2.39. The van der Waals surface area contributed by atoms with Crippen LogP contribution in [-0.4, -0.2) is 38.2 Å². The van der Waals surface area contributed by atoms with Gasteiger partial charge in [-0.15, -0.1) is 0 Å². The Hall–Kier alpha value is -1.39. The molecule has 0 aromatic heterocycles. The average molecular weight is 249 g/mol. The van der Waals surface area contributed by atoms with E-state index in [9.17, 15) is 4.79 Å². The van der Waals surface area contributed by atoms with Crippen molar-refractivity contribution < 1.29 is 14.3 Å². The van der Waals surface area contributed by atoms with Crippen molar-refractivity contribution >= 4 is 5.78 Å². The number of carbonyl (C=O) groups excluding carboxylic acids is 1. The van der Waals surface area contributed by atoms with Crippen molar-refractivity contribution in [2.75, 3.05) is 20.3 Å². The van der Waals surface area contributed by atoms with Crippen LogP contribution in [0.5, 0.6) is 5.75 Å². The molecule has 1 aromatic rings. The van der Waals surface area contributed by atoms with Crippen LogP contribution in [0, 0.1) is 0 Å². The minimum Gasteiger partial charge on any atom is -0.497 e. The first-order chi connectivity index (χ1) is 8.69. The van der Waals surface area contributed by atoms with E-state index in [1.165, 1.54) is 0 Å². The van der Waals surface area contributed by atoms with E-state index in [1.807, 2.05) is 18.2 Å². The highest BCUT2D eigenvalue weighted by Gasteiger charge is 2.21. The molecule has 0 aliphatic carbocycles. The molecule has 0 radical (unpaired) electrons. The summed E-state index contributed by atoms with van der Waals surface area (Å²) in [5.41, 5.74) is 0.689. The maximum atomic E-state index is 12.1. The SMILES string of the molecule is COc1cccc(C(=O)CC2COCC(C)N2)c1. The van der Waals surface area contributed by atoms with Crippen LogP contribution in [-0.2, 0) is 4.74 Å². The summed E-state index contributed by atoms with van der Waals surface area (Å²) in [6, 6.07) is 7.67. The fourth-order valence-electron chi connectivity index (χ4n) is 2.14. The maximum Gasteiger partial charge on any atom is 0.164 e. The standard InChI is InChI=1S/C14H19NO3/c1-10-8-18-9-12(15-10)7-14(16)11-4-3-5-13(6-11)17-2/h3-6,10,12,15H,7-9H2,1-2H3. The first-order valence-corrected chi connectivity index (χ1v) is 6.20. The molecular weight excluding hydrogens is 230 g/mol. The van der Waals surface area contributed by atoms with Crippen molar-refractivity contribution in [1.29, 1.82) is 0 Å². The van der Waals surface area contributed by atoms with E-state index in [0.29, 0.717) is 37.0 Å². The van der Waals surface area contributed by atoms with E-state index in [-0.39, 0.29) is 11.8 Å². The molecule has 0 spiro atoms. The summed E-state index contributed by atoms with van der Waals surface area (Å²) >= 11 is 0. The van der Waals surface area contributed by atoms with Crippen LogP contribution >= 0.6 is 0 Å². The second kappa shape index (κ2) is 5.98. The second-order valence-electron chi connectivity index (χ2n) is 4.66. The molecule has 1 aliphatic rings. The molecule has 1 saturated heterocycles. The van der Waals surface area contributed by atoms with Crippen molar-refractivity contribution in [3.63, 3.8) is 0 Å². The van der Waals surface area contributed by atoms with E-state index in [4.69, 9.17) is 9.47 Å². The maximum absolute atomic E-state index is 12.1. The topological polar surface area (TPSA) is 47.6 Å². The largest absolute Gasteiger partial charge is 0.497 e. The van der Waals surface area contributed by atoms with Crippen LogP contribution in [0.1, 0.15) is 23.7 Å². The Bertz CT molecular complexity index is 419. The molecule has 2 atom stereocenters. The molecule has 4 nitrogen and oxygen atoms in total. The third-order valence-electron chi connectivity index (χ3n) is 3.03. The lowest BCUT2D eigenvalue weighted by molar-refractivity contribution is 0.0463. The van der Waals surface area contributed by atoms with Crippen LogP contribution in [0.3, 0.4) is 0 Å². The van der Waals surface area contributed by atoms with Crippen molar-refractivity contribution in [3.05, 3.63) is 29.8 Å². The van der Waals surface area contributed by atoms with Crippen molar-refractivity contribution in [1.82, 2.24) is 5.32 Å². The summed E-state index contributed by atoms with van der Waals surface area (Å²) < 4.78 is 10.6. The lowest BCUT2D eigenvalue weighted by Crippen LogP contribution is -2.48. The lowest BCUT2D eigenvalue weighted by Gasteiger charge is -2.28. The van der Waals surface area contributed by atoms with Gasteiger partial charge in [-0.2, -0.15) is 0 Å². The molecule has 1 heterocycles. The molecular formula is C14H19NO3. The van der Waals surface area contributed by atoms with Gasteiger partial charge >= 0.3 is 0 Å². The molecule has 1 aromatic carbocycles. The summed E-state index contributed by atoms with van der Waals surface area (Å²) in [5.74, 6) is 0.825. The minimum atomic E-state index is 0.104. The first-order valence-electron chi connectivity index (χ1n) is 6.20. The van der Waals surface area contributed by atoms with E-state index in [0.717, 1.165) is 0 Å². The number of methoxy groups -OCH3 is 1. The molecule has 4 heteroatoms. The second-order valence-corrected chi connectivity index (χ2v) is 4.66. The lowest BCUT2D eigenvalue weighted by atomic mass is 10.0. The highest BCUT2D eigenvalue weighted by atomic mass is 16.5. The fraction of sp³-hybridized carbons (Fsp3) is 0.500. The summed E-state index contributed by atoms with van der Waals surface area (Å²) in [6.07, 6.45) is 0.456. The van der Waals surface area contributed by atoms with Gasteiger partial charge in [0.2, 0.25) is 0 Å². The molecule has 2 rings (SSSR count). The van der Waals surface area contributed by atoms with E-state index < -0.39 is 0 Å². The van der Waals surface area contributed by atoms with Crippen LogP contribution in [0.4, 0.5) is 0 Å². The number of hydrogen-bond acceptors (Lipinski definition) is 4. The van der Waals surface area contributed by atoms with Crippen LogP contribution in [0.15, 0.2) is 24.3 Å². The molecule has 0 bridgehead atoms. The third kappa shape index (κ3) is 3.31. The number of benzene rings is 1. The molecule has 2 unspecified atom stereocenters. The van der Waals surface area contributed by atoms with Crippen molar-refractivity contribution in [2.24, 2.45) is 0 Å². The normalized spacial score (nSPS) is 23.7. The van der Waals surface area contributed by atoms with Gasteiger partial charge in [-0.25, -0.2) is 0 Å². The molecule has 98 valence electrons. The zero-order valence-corrected chi connectivity index (χ0v) is 10.8. The van der Waals surface area contributed by atoms with Gasteiger partial charge in [0.05, 0.1) is 20.3 Å². The summed E-state index contributed by atoms with van der Waals surface area (Å²) in [7, 11) is 1.60. The predicted octanol–water partition coefficient (Wildman–Crippen LogP) is 1.64. The number of ether oxygens (including phenoxy) is 2. The summed E-state index contributed by atoms with van der Waals surface area (Å²) in [6.45, 7) is 3.37. The van der Waals surface area contributed by atoms with Gasteiger partial charge < -0.3 is 14.8 Å². The monoisotopic (exact) mass is 249 g/mol. The Morgan fingerprint density at radius 3 is 3.06 bits per heavy atom. The Balaban J connectivity index is 1.98. The number of carbonyl (C=O) groups is 1. The number of ketones is 1. The molecule has 0 amide bonds. The summed E-state index contributed by atoms with van der Waals surface area (Å²) in [4.78, 5) is 12.1. The third-order valence-corrected chi connectivity index (χ3v) is 3.03. The minimum absolute atomic E-state index is 0.104. The van der Waals surface area contributed by atoms with Gasteiger partial charge in [0.25, 0.3) is 0 Å². The van der Waals surface area contributed by atoms with Gasteiger partial charge in [-0.1, -0.05) is 12.1 Å². The Morgan fingerprint density at radius 2 is 2.33 bits per heavy atom. The predicted molar refractivity (Wildman–Crippen MR) is 69.1 cm³/mol. The van der Waals surface area contributed by atoms with Gasteiger partial charge in [-0.3, -0.25) is 4.79 Å². The smallest absolute Gasteiger partial charge is 0.164 e. The van der Waals surface area contributed by atoms with Gasteiger partial charge in [0.1, 0.15) is 5.75 Å². The fourth-order valence-corrected chi connectivity index (χ4v) is 2.14. The van der Waals surface area contributed by atoms with Crippen molar-refractivity contribution in [2.45, 2.75) is 25.4 Å². The van der Waals surface area contributed by atoms with E-state index >= 15 is 0 Å². The van der Waals surface area contributed by atoms with Gasteiger partial charge in [-0.05, 0) is 19.1 Å². The van der Waals surface area contributed by atoms with E-state index in [1.54, 1.807) is 13.2 Å². The van der Waals surface area contributed by atoms with E-state index in [2.05, 4.69) is 12.2 Å². The molecule has 1 N–H and O–H groups in total. The molecule has 1 fully saturated rings. The highest BCUT2D eigenvalue weighted by molar-refractivity contribution is 5.96. The molecule has 1 aliphatic heterocycles. The highest BCUT2D eigenvalue weighted by Crippen LogP contribution is 2.15. The Labute approximate surface area is 107 Å². The van der Waals surface area contributed by atoms with Crippen LogP contribution in [0.25, 0.3) is 0 Å². The van der Waals surface area contributed by atoms with Crippen LogP contribution < -0.4 is 10.1 Å². The number of rotatable bonds is 4. The zero-order valence-electron chi connectivity index (χ0n) is 10.8. The number of Topliss-reactive ketones (excluding diaryl/α,β-unsaturated/α-hetero) is 1. The molecule has 18 heavy (non-hydrogen) atoms.